The van der Waals surface area contributed by atoms with Crippen molar-refractivity contribution in [3.63, 3.8) is 0 Å². The quantitative estimate of drug-likeness (QED) is 0.684. The zero-order valence-corrected chi connectivity index (χ0v) is 8.64. The lowest BCUT2D eigenvalue weighted by Gasteiger charge is -2.20. The van der Waals surface area contributed by atoms with Crippen molar-refractivity contribution in [2.45, 2.75) is 33.2 Å². The molecule has 0 bridgehead atoms. The lowest BCUT2D eigenvalue weighted by atomic mass is 10.2. The van der Waals surface area contributed by atoms with Gasteiger partial charge in [0.15, 0.2) is 0 Å². The number of likely N-dealkylation sites (N-methyl/N-ethyl adjacent to an activating group) is 1. The van der Waals surface area contributed by atoms with Crippen LogP contribution >= 0.6 is 0 Å². The van der Waals surface area contributed by atoms with Gasteiger partial charge >= 0.3 is 0 Å². The molecule has 0 aliphatic carbocycles. The van der Waals surface area contributed by atoms with Crippen LogP contribution in [-0.2, 0) is 0 Å². The minimum absolute atomic E-state index is 0.653. The standard InChI is InChI=1S/C10H22N2/c1-4-11-10(3)8-12-6-5-9(2)7-12/h9-11H,4-8H2,1-3H3. The van der Waals surface area contributed by atoms with E-state index in [-0.39, 0.29) is 0 Å². The molecule has 1 heterocycles. The number of nitrogens with zero attached hydrogens (tertiary/aromatic N) is 1. The molecule has 0 radical (unpaired) electrons. The number of nitrogens with one attached hydrogen (secondary N) is 1. The van der Waals surface area contributed by atoms with Gasteiger partial charge in [-0.2, -0.15) is 0 Å². The zero-order chi connectivity index (χ0) is 8.97. The van der Waals surface area contributed by atoms with Crippen LogP contribution in [0.3, 0.4) is 0 Å². The fourth-order valence-corrected chi connectivity index (χ4v) is 1.99. The summed E-state index contributed by atoms with van der Waals surface area (Å²) in [6.07, 6.45) is 1.39. The fraction of sp³-hybridized carbons (Fsp3) is 1.00. The van der Waals surface area contributed by atoms with Crippen molar-refractivity contribution in [3.8, 4) is 0 Å². The molecule has 12 heavy (non-hydrogen) atoms. The van der Waals surface area contributed by atoms with Crippen molar-refractivity contribution in [2.75, 3.05) is 26.2 Å². The maximum absolute atomic E-state index is 3.45. The molecule has 1 saturated heterocycles. The predicted octanol–water partition coefficient (Wildman–Crippen LogP) is 1.33. The van der Waals surface area contributed by atoms with E-state index in [1.54, 1.807) is 0 Å². The highest BCUT2D eigenvalue weighted by Gasteiger charge is 2.19. The van der Waals surface area contributed by atoms with Crippen LogP contribution in [0.5, 0.6) is 0 Å². The Labute approximate surface area is 76.3 Å². The third kappa shape index (κ3) is 3.11. The third-order valence-electron chi connectivity index (χ3n) is 2.59. The first-order valence-electron chi connectivity index (χ1n) is 5.18. The highest BCUT2D eigenvalue weighted by atomic mass is 15.2. The number of hydrogen-bond acceptors (Lipinski definition) is 2. The molecule has 2 heteroatoms. The second-order valence-electron chi connectivity index (χ2n) is 4.11. The van der Waals surface area contributed by atoms with Gasteiger partial charge in [-0.05, 0) is 32.4 Å². The van der Waals surface area contributed by atoms with E-state index in [0.717, 1.165) is 12.5 Å². The smallest absolute Gasteiger partial charge is 0.0166 e. The summed E-state index contributed by atoms with van der Waals surface area (Å²) in [5.41, 5.74) is 0. The first-order chi connectivity index (χ1) is 5.72. The molecule has 1 aliphatic heterocycles. The fourth-order valence-electron chi connectivity index (χ4n) is 1.99. The summed E-state index contributed by atoms with van der Waals surface area (Å²) in [6, 6.07) is 0.653. The molecule has 0 aromatic heterocycles. The maximum atomic E-state index is 3.45. The van der Waals surface area contributed by atoms with E-state index in [0.29, 0.717) is 6.04 Å². The van der Waals surface area contributed by atoms with Gasteiger partial charge in [-0.1, -0.05) is 13.8 Å². The van der Waals surface area contributed by atoms with Gasteiger partial charge in [0.2, 0.25) is 0 Å². The maximum Gasteiger partial charge on any atom is 0.0166 e. The molecular formula is C10H22N2. The van der Waals surface area contributed by atoms with Crippen LogP contribution in [0.1, 0.15) is 27.2 Å². The average molecular weight is 170 g/mol. The molecule has 2 unspecified atom stereocenters. The summed E-state index contributed by atoms with van der Waals surface area (Å²) < 4.78 is 0. The zero-order valence-electron chi connectivity index (χ0n) is 8.64. The van der Waals surface area contributed by atoms with Crippen molar-refractivity contribution in [1.82, 2.24) is 10.2 Å². The van der Waals surface area contributed by atoms with Crippen LogP contribution in [0.2, 0.25) is 0 Å². The minimum atomic E-state index is 0.653. The molecule has 0 aromatic carbocycles. The molecule has 1 rings (SSSR count). The van der Waals surface area contributed by atoms with Crippen LogP contribution < -0.4 is 5.32 Å². The molecule has 2 nitrogen and oxygen atoms in total. The van der Waals surface area contributed by atoms with E-state index in [1.807, 2.05) is 0 Å². The van der Waals surface area contributed by atoms with Gasteiger partial charge in [-0.3, -0.25) is 0 Å². The number of hydrogen-bond donors (Lipinski definition) is 1. The van der Waals surface area contributed by atoms with Gasteiger partial charge in [-0.15, -0.1) is 0 Å². The van der Waals surface area contributed by atoms with Crippen molar-refractivity contribution in [1.29, 1.82) is 0 Å². The Morgan fingerprint density at radius 1 is 1.58 bits per heavy atom. The first kappa shape index (κ1) is 10.0. The molecule has 72 valence electrons. The van der Waals surface area contributed by atoms with E-state index in [4.69, 9.17) is 0 Å². The SMILES string of the molecule is CCNC(C)CN1CCC(C)C1. The Balaban J connectivity index is 2.14. The third-order valence-corrected chi connectivity index (χ3v) is 2.59. The molecule has 0 aromatic rings. The lowest BCUT2D eigenvalue weighted by molar-refractivity contribution is 0.293. The monoisotopic (exact) mass is 170 g/mol. The number of rotatable bonds is 4. The van der Waals surface area contributed by atoms with Gasteiger partial charge in [0.05, 0.1) is 0 Å². The van der Waals surface area contributed by atoms with E-state index in [2.05, 4.69) is 31.0 Å². The molecule has 0 spiro atoms. The summed E-state index contributed by atoms with van der Waals surface area (Å²) in [5, 5.41) is 3.45. The van der Waals surface area contributed by atoms with E-state index in [9.17, 15) is 0 Å². The summed E-state index contributed by atoms with van der Waals surface area (Å²) in [6.45, 7) is 11.7. The van der Waals surface area contributed by atoms with Crippen molar-refractivity contribution < 1.29 is 0 Å². The minimum Gasteiger partial charge on any atom is -0.313 e. The molecule has 1 aliphatic rings. The van der Waals surface area contributed by atoms with Gasteiger partial charge in [0.1, 0.15) is 0 Å². The molecule has 2 atom stereocenters. The number of likely N-dealkylation sites (tertiary alicyclic amines) is 1. The second kappa shape index (κ2) is 4.83. The lowest BCUT2D eigenvalue weighted by Crippen LogP contribution is -2.37. The van der Waals surface area contributed by atoms with E-state index in [1.165, 1.54) is 26.1 Å². The van der Waals surface area contributed by atoms with E-state index < -0.39 is 0 Å². The van der Waals surface area contributed by atoms with E-state index >= 15 is 0 Å². The van der Waals surface area contributed by atoms with Gasteiger partial charge in [0.25, 0.3) is 0 Å². The Morgan fingerprint density at radius 2 is 2.33 bits per heavy atom. The van der Waals surface area contributed by atoms with Gasteiger partial charge in [-0.25, -0.2) is 0 Å². The Bertz CT molecular complexity index is 125. The van der Waals surface area contributed by atoms with Gasteiger partial charge in [0, 0.05) is 19.1 Å². The molecule has 0 amide bonds. The summed E-state index contributed by atoms with van der Waals surface area (Å²) in [7, 11) is 0. The molecule has 1 fully saturated rings. The topological polar surface area (TPSA) is 15.3 Å². The summed E-state index contributed by atoms with van der Waals surface area (Å²) in [4.78, 5) is 2.57. The molecule has 0 saturated carbocycles. The van der Waals surface area contributed by atoms with Crippen LogP contribution in [-0.4, -0.2) is 37.1 Å². The second-order valence-corrected chi connectivity index (χ2v) is 4.11. The highest BCUT2D eigenvalue weighted by Crippen LogP contribution is 2.14. The molecular weight excluding hydrogens is 148 g/mol. The average Bonchev–Trinajstić information content (AvgIpc) is 2.36. The Morgan fingerprint density at radius 3 is 2.83 bits per heavy atom. The predicted molar refractivity (Wildman–Crippen MR) is 53.4 cm³/mol. The van der Waals surface area contributed by atoms with Crippen molar-refractivity contribution >= 4 is 0 Å². The van der Waals surface area contributed by atoms with Crippen molar-refractivity contribution in [3.05, 3.63) is 0 Å². The van der Waals surface area contributed by atoms with Crippen LogP contribution in [0.4, 0.5) is 0 Å². The molecule has 1 N–H and O–H groups in total. The van der Waals surface area contributed by atoms with Crippen LogP contribution in [0, 0.1) is 5.92 Å². The van der Waals surface area contributed by atoms with Crippen LogP contribution in [0.15, 0.2) is 0 Å². The Kier molecular flexibility index (Phi) is 4.02. The van der Waals surface area contributed by atoms with Crippen LogP contribution in [0.25, 0.3) is 0 Å². The largest absolute Gasteiger partial charge is 0.313 e. The summed E-state index contributed by atoms with van der Waals surface area (Å²) in [5.74, 6) is 0.916. The van der Waals surface area contributed by atoms with Gasteiger partial charge < -0.3 is 10.2 Å². The highest BCUT2D eigenvalue weighted by molar-refractivity contribution is 4.75. The summed E-state index contributed by atoms with van der Waals surface area (Å²) >= 11 is 0. The van der Waals surface area contributed by atoms with Crippen molar-refractivity contribution in [2.24, 2.45) is 5.92 Å². The first-order valence-corrected chi connectivity index (χ1v) is 5.18. The normalized spacial score (nSPS) is 27.8. The Hall–Kier alpha value is -0.0800.